The van der Waals surface area contributed by atoms with Crippen molar-refractivity contribution in [3.8, 4) is 0 Å². The van der Waals surface area contributed by atoms with E-state index in [1.165, 1.54) is 309 Å². The van der Waals surface area contributed by atoms with E-state index in [0.717, 1.165) is 54.6 Å². The van der Waals surface area contributed by atoms with E-state index >= 15 is 0 Å². The van der Waals surface area contributed by atoms with Crippen LogP contribution in [0, 0.1) is 0 Å². The van der Waals surface area contributed by atoms with Crippen LogP contribution >= 0.6 is 0 Å². The summed E-state index contributed by atoms with van der Waals surface area (Å²) in [5, 5.41) is 4.45. The lowest BCUT2D eigenvalue weighted by Gasteiger charge is -2.27. The number of nitrogens with one attached hydrogen (secondary N) is 1. The number of ether oxygens (including phenoxy) is 1. The first-order chi connectivity index (χ1) is 43.7. The predicted octanol–water partition coefficient (Wildman–Crippen LogP) is 23.3. The molecule has 1 aromatic carbocycles. The number of hydrogen-bond donors (Lipinski definition) is 2. The van der Waals surface area contributed by atoms with Crippen molar-refractivity contribution in [1.82, 2.24) is 29.7 Å². The van der Waals surface area contributed by atoms with Crippen LogP contribution in [0.15, 0.2) is 60.7 Å². The van der Waals surface area contributed by atoms with Crippen molar-refractivity contribution in [2.75, 3.05) is 51.5 Å². The fourth-order valence-corrected chi connectivity index (χ4v) is 12.9. The van der Waals surface area contributed by atoms with Crippen LogP contribution in [0.2, 0.25) is 0 Å². The summed E-state index contributed by atoms with van der Waals surface area (Å²) < 4.78 is 8.49. The number of nitrogen functional groups attached to an aromatic ring is 1. The van der Waals surface area contributed by atoms with Crippen molar-refractivity contribution in [2.45, 2.75) is 362 Å². The Labute approximate surface area is 550 Å². The number of hydrogen-bond acceptors (Lipinski definition) is 8. The van der Waals surface area contributed by atoms with Gasteiger partial charge in [0.15, 0.2) is 5.82 Å². The predicted molar refractivity (Wildman–Crippen MR) is 391 cm³/mol. The summed E-state index contributed by atoms with van der Waals surface area (Å²) in [4.78, 5) is 28.9. The summed E-state index contributed by atoms with van der Waals surface area (Å²) in [5.41, 5.74) is 8.24. The highest BCUT2D eigenvalue weighted by molar-refractivity contribution is 6.06. The number of para-hydroxylation sites is 1. The maximum absolute atomic E-state index is 13.6. The molecular weight excluding hydrogens is 1090 g/mol. The Morgan fingerprint density at radius 1 is 0.472 bits per heavy atom. The second kappa shape index (κ2) is 56.0. The fraction of sp³-hybridized carbons (Fsp3) is 0.787. The van der Waals surface area contributed by atoms with Gasteiger partial charge in [-0.25, -0.2) is 9.97 Å². The Kier molecular flexibility index (Phi) is 50.2. The molecule has 0 radical (unpaired) electrons. The van der Waals surface area contributed by atoms with Crippen LogP contribution in [0.3, 0.4) is 0 Å². The molecule has 9 heteroatoms. The van der Waals surface area contributed by atoms with E-state index in [-0.39, 0.29) is 5.97 Å². The van der Waals surface area contributed by atoms with Crippen LogP contribution in [0.1, 0.15) is 349 Å². The van der Waals surface area contributed by atoms with Crippen LogP contribution in [0.4, 0.5) is 5.82 Å². The number of pyridine rings is 1. The van der Waals surface area contributed by atoms with Crippen LogP contribution in [0.25, 0.3) is 21.9 Å². The molecule has 510 valence electrons. The minimum atomic E-state index is -0.743. The van der Waals surface area contributed by atoms with Gasteiger partial charge < -0.3 is 30.2 Å². The summed E-state index contributed by atoms with van der Waals surface area (Å²) in [6.45, 7) is 22.1. The minimum absolute atomic E-state index is 0.122. The lowest BCUT2D eigenvalue weighted by atomic mass is 10.1. The highest BCUT2D eigenvalue weighted by atomic mass is 16.6. The molecular formula is C80H143N7O2. The molecule has 0 atom stereocenters. The SMILES string of the molecule is CCCCCCCC/C=C\CCCCCCCCN(CCCCCCCC/C=C\CCCCCCCC)CCCN(CCCCCCCC/C=C\CCCCCCCC)CCCCCC(=O)OC(C)(C)Cn1c(CNCC)nc2c(N)nc3ccccc3c21. The van der Waals surface area contributed by atoms with Gasteiger partial charge in [0.1, 0.15) is 16.9 Å². The molecule has 3 aromatic rings. The molecule has 0 aliphatic heterocycles. The number of esters is 1. The molecule has 3 rings (SSSR count). The van der Waals surface area contributed by atoms with Crippen LogP contribution in [-0.4, -0.2) is 81.7 Å². The van der Waals surface area contributed by atoms with Crippen molar-refractivity contribution in [3.63, 3.8) is 0 Å². The largest absolute Gasteiger partial charge is 0.458 e. The van der Waals surface area contributed by atoms with Gasteiger partial charge in [-0.3, -0.25) is 4.79 Å². The third-order valence-electron chi connectivity index (χ3n) is 18.4. The minimum Gasteiger partial charge on any atom is -0.458 e. The lowest BCUT2D eigenvalue weighted by molar-refractivity contribution is -0.157. The normalized spacial score (nSPS) is 12.4. The Hall–Kier alpha value is -3.53. The number of allylic oxidation sites excluding steroid dienone is 6. The van der Waals surface area contributed by atoms with E-state index in [9.17, 15) is 4.79 Å². The zero-order valence-electron chi connectivity index (χ0n) is 59.5. The van der Waals surface area contributed by atoms with Gasteiger partial charge in [-0.2, -0.15) is 0 Å². The maximum atomic E-state index is 13.6. The number of anilines is 1. The number of aromatic nitrogens is 3. The molecule has 3 N–H and O–H groups in total. The molecule has 0 amide bonds. The van der Waals surface area contributed by atoms with Gasteiger partial charge in [0.05, 0.1) is 24.1 Å². The quantitative estimate of drug-likeness (QED) is 0.0327. The van der Waals surface area contributed by atoms with Crippen LogP contribution in [-0.2, 0) is 22.6 Å². The van der Waals surface area contributed by atoms with Gasteiger partial charge in [-0.05, 0) is 181 Å². The number of carbonyl (C=O) groups is 1. The van der Waals surface area contributed by atoms with Crippen molar-refractivity contribution >= 4 is 33.7 Å². The monoisotopic (exact) mass is 1230 g/mol. The second-order valence-corrected chi connectivity index (χ2v) is 27.5. The number of fused-ring (bicyclic) bond motifs is 3. The molecule has 0 fully saturated rings. The van der Waals surface area contributed by atoms with E-state index in [0.29, 0.717) is 30.8 Å². The first kappa shape index (κ1) is 79.7. The molecule has 0 spiro atoms. The fourth-order valence-electron chi connectivity index (χ4n) is 12.9. The highest BCUT2D eigenvalue weighted by Gasteiger charge is 2.28. The highest BCUT2D eigenvalue weighted by Crippen LogP contribution is 2.31. The molecule has 0 aliphatic rings. The second-order valence-electron chi connectivity index (χ2n) is 27.5. The first-order valence-corrected chi connectivity index (χ1v) is 38.6. The van der Waals surface area contributed by atoms with Gasteiger partial charge in [0, 0.05) is 11.8 Å². The lowest BCUT2D eigenvalue weighted by Crippen LogP contribution is -2.34. The number of benzene rings is 1. The molecule has 0 bridgehead atoms. The average Bonchev–Trinajstić information content (AvgIpc) is 1.69. The molecule has 2 aromatic heterocycles. The Balaban J connectivity index is 1.51. The number of nitrogens with zero attached hydrogens (tertiary/aromatic N) is 5. The molecule has 0 aliphatic carbocycles. The van der Waals surface area contributed by atoms with Gasteiger partial charge >= 0.3 is 5.97 Å². The standard InChI is InChI=1S/C80H143N7O2/c1-7-11-14-17-20-23-26-29-32-35-38-41-44-47-50-57-65-85(66-58-51-48-45-42-39-36-33-30-27-24-21-18-15-12-8-2)69-61-70-86(67-59-52-49-46-43-40-37-34-31-28-25-22-19-16-13-9-3)68-60-53-54-64-76(88)89-80(5,6)72-87-75(71-82-10-4)84-77-78(87)73-62-55-56-63-74(73)83-79(77)81/h29-34,55-56,62-63,82H,7-28,35-54,57-61,64-72H2,1-6H3,(H2,81,83)/b32-29-,33-30-,34-31-. The number of unbranched alkanes of at least 4 members (excludes halogenated alkanes) is 38. The van der Waals surface area contributed by atoms with Crippen molar-refractivity contribution in [3.05, 3.63) is 66.5 Å². The van der Waals surface area contributed by atoms with Crippen molar-refractivity contribution in [2.24, 2.45) is 0 Å². The van der Waals surface area contributed by atoms with Gasteiger partial charge in [-0.15, -0.1) is 0 Å². The molecule has 2 heterocycles. The zero-order valence-corrected chi connectivity index (χ0v) is 59.5. The van der Waals surface area contributed by atoms with E-state index in [4.69, 9.17) is 15.5 Å². The van der Waals surface area contributed by atoms with Gasteiger partial charge in [0.25, 0.3) is 0 Å². The Morgan fingerprint density at radius 3 is 1.21 bits per heavy atom. The Morgan fingerprint density at radius 2 is 0.820 bits per heavy atom. The van der Waals surface area contributed by atoms with Crippen molar-refractivity contribution < 1.29 is 9.53 Å². The third kappa shape index (κ3) is 41.6. The summed E-state index contributed by atoms with van der Waals surface area (Å²) in [6, 6.07) is 8.09. The number of imidazole rings is 1. The van der Waals surface area contributed by atoms with Crippen molar-refractivity contribution in [1.29, 1.82) is 0 Å². The molecule has 0 saturated heterocycles. The van der Waals surface area contributed by atoms with Crippen LogP contribution < -0.4 is 11.1 Å². The molecule has 0 unspecified atom stereocenters. The number of carbonyl (C=O) groups excluding carboxylic acids is 1. The number of nitrogens with two attached hydrogens (primary N) is 1. The van der Waals surface area contributed by atoms with E-state index in [1.54, 1.807) is 0 Å². The molecule has 9 nitrogen and oxygen atoms in total. The topological polar surface area (TPSA) is 102 Å². The third-order valence-corrected chi connectivity index (χ3v) is 18.4. The first-order valence-electron chi connectivity index (χ1n) is 38.6. The summed E-state index contributed by atoms with van der Waals surface area (Å²) in [6.07, 6.45) is 76.5. The zero-order chi connectivity index (χ0) is 63.8. The summed E-state index contributed by atoms with van der Waals surface area (Å²) >= 11 is 0. The van der Waals surface area contributed by atoms with Crippen LogP contribution in [0.5, 0.6) is 0 Å². The smallest absolute Gasteiger partial charge is 0.306 e. The maximum Gasteiger partial charge on any atom is 0.306 e. The van der Waals surface area contributed by atoms with Gasteiger partial charge in [-0.1, -0.05) is 262 Å². The van der Waals surface area contributed by atoms with E-state index in [1.807, 2.05) is 32.0 Å². The summed E-state index contributed by atoms with van der Waals surface area (Å²) in [5.74, 6) is 1.17. The molecule has 0 saturated carbocycles. The number of rotatable bonds is 64. The van der Waals surface area contributed by atoms with E-state index < -0.39 is 5.60 Å². The average molecular weight is 1240 g/mol. The van der Waals surface area contributed by atoms with E-state index in [2.05, 4.69) is 94.9 Å². The molecule has 89 heavy (non-hydrogen) atoms. The Bertz CT molecular complexity index is 2150. The summed E-state index contributed by atoms with van der Waals surface area (Å²) in [7, 11) is 0. The van der Waals surface area contributed by atoms with Gasteiger partial charge in [0.2, 0.25) is 0 Å².